The number of rotatable bonds is 5. The van der Waals surface area contributed by atoms with Gasteiger partial charge in [-0.2, -0.15) is 0 Å². The Labute approximate surface area is 240 Å². The van der Waals surface area contributed by atoms with E-state index in [2.05, 4.69) is 152 Å². The Hall–Kier alpha value is -4.88. The molecule has 0 N–H and O–H groups in total. The number of benzene rings is 6. The maximum atomic E-state index is 2.48. The second-order valence-electron chi connectivity index (χ2n) is 11.4. The fourth-order valence-electron chi connectivity index (χ4n) is 6.61. The molecule has 6 aromatic carbocycles. The molecule has 8 aromatic rings. The minimum atomic E-state index is 0.515. The third kappa shape index (κ3) is 3.77. The Balaban J connectivity index is 1.41. The largest absolute Gasteiger partial charge is 0.308 e. The van der Waals surface area contributed by atoms with E-state index in [0.717, 1.165) is 6.42 Å². The monoisotopic (exact) mass is 525 g/mol. The highest BCUT2D eigenvalue weighted by Crippen LogP contribution is 2.43. The minimum absolute atomic E-state index is 0.515. The molecule has 0 aliphatic heterocycles. The van der Waals surface area contributed by atoms with Crippen molar-refractivity contribution in [2.24, 2.45) is 0 Å². The predicted octanol–water partition coefficient (Wildman–Crippen LogP) is 11.4. The van der Waals surface area contributed by atoms with Gasteiger partial charge in [0.05, 0.1) is 16.6 Å². The van der Waals surface area contributed by atoms with Gasteiger partial charge >= 0.3 is 0 Å². The fraction of sp³-hybridized carbons (Fsp3) is 0.100. The maximum Gasteiger partial charge on any atom is 0.0620 e. The molecular weight excluding hydrogens is 494 g/mol. The number of hydrogen-bond donors (Lipinski definition) is 0. The second kappa shape index (κ2) is 9.35. The van der Waals surface area contributed by atoms with Gasteiger partial charge in [-0.05, 0) is 99.8 Å². The molecular formula is C40H31N. The van der Waals surface area contributed by atoms with Crippen LogP contribution in [0.4, 0.5) is 0 Å². The molecule has 1 heteroatoms. The molecule has 0 radical (unpaired) electrons. The topological polar surface area (TPSA) is 4.41 Å². The van der Waals surface area contributed by atoms with Crippen LogP contribution in [0.2, 0.25) is 0 Å². The van der Waals surface area contributed by atoms with Gasteiger partial charge in [0.15, 0.2) is 0 Å². The highest BCUT2D eigenvalue weighted by Gasteiger charge is 2.20. The molecule has 1 unspecified atom stereocenters. The van der Waals surface area contributed by atoms with Gasteiger partial charge in [-0.15, -0.1) is 0 Å². The Morgan fingerprint density at radius 1 is 0.463 bits per heavy atom. The van der Waals surface area contributed by atoms with E-state index in [0.29, 0.717) is 5.92 Å². The summed E-state index contributed by atoms with van der Waals surface area (Å²) in [6.07, 6.45) is 1.13. The van der Waals surface area contributed by atoms with Crippen molar-refractivity contribution < 1.29 is 0 Å². The van der Waals surface area contributed by atoms with Gasteiger partial charge in [0.2, 0.25) is 0 Å². The lowest BCUT2D eigenvalue weighted by Gasteiger charge is -2.12. The van der Waals surface area contributed by atoms with E-state index < -0.39 is 0 Å². The molecule has 0 aliphatic carbocycles. The predicted molar refractivity (Wildman–Crippen MR) is 176 cm³/mol. The quantitative estimate of drug-likeness (QED) is 0.210. The van der Waals surface area contributed by atoms with E-state index in [-0.39, 0.29) is 0 Å². The Morgan fingerprint density at radius 3 is 1.63 bits per heavy atom. The summed E-state index contributed by atoms with van der Waals surface area (Å²) in [6, 6.07) is 49.3. The maximum absolute atomic E-state index is 2.48. The molecule has 8 rings (SSSR count). The molecule has 1 nitrogen and oxygen atoms in total. The molecule has 2 aromatic heterocycles. The Morgan fingerprint density at radius 2 is 1.00 bits per heavy atom. The molecule has 0 aliphatic rings. The standard InChI is InChI=1S/C40H31N/c1-3-26(2)30-24-36-34-16-10-11-17-38(34)41-39-19-18-29(23-35(39)37(25-30)40(36)41)33-21-31(27-12-6-4-7-13-27)20-32(22-33)28-14-8-5-9-15-28/h4-26H,3H2,1-2H3. The van der Waals surface area contributed by atoms with Crippen LogP contribution in [0.1, 0.15) is 31.7 Å². The SMILES string of the molecule is CCC(C)c1cc2c3ccccc3n3c4ccc(-c5cc(-c6ccccc6)cc(-c6ccccc6)c5)cc4c(c1)c23. The first-order valence-corrected chi connectivity index (χ1v) is 14.7. The van der Waals surface area contributed by atoms with Crippen LogP contribution in [-0.2, 0) is 0 Å². The van der Waals surface area contributed by atoms with Gasteiger partial charge in [0, 0.05) is 21.5 Å². The lowest BCUT2D eigenvalue weighted by atomic mass is 9.92. The van der Waals surface area contributed by atoms with Crippen LogP contribution >= 0.6 is 0 Å². The molecule has 0 bridgehead atoms. The average molecular weight is 526 g/mol. The summed E-state index contributed by atoms with van der Waals surface area (Å²) < 4.78 is 2.48. The van der Waals surface area contributed by atoms with Crippen LogP contribution in [0.15, 0.2) is 133 Å². The van der Waals surface area contributed by atoms with Gasteiger partial charge in [0.1, 0.15) is 0 Å². The molecule has 1 atom stereocenters. The number of hydrogen-bond acceptors (Lipinski definition) is 0. The van der Waals surface area contributed by atoms with E-state index in [4.69, 9.17) is 0 Å². The van der Waals surface area contributed by atoms with Gasteiger partial charge in [-0.25, -0.2) is 0 Å². The molecule has 2 heterocycles. The van der Waals surface area contributed by atoms with Crippen LogP contribution in [0.3, 0.4) is 0 Å². The third-order valence-corrected chi connectivity index (χ3v) is 8.98. The zero-order valence-electron chi connectivity index (χ0n) is 23.4. The number of aromatic nitrogens is 1. The van der Waals surface area contributed by atoms with E-state index in [9.17, 15) is 0 Å². The first-order chi connectivity index (χ1) is 20.2. The summed E-state index contributed by atoms with van der Waals surface area (Å²) in [5, 5.41) is 5.38. The first kappa shape index (κ1) is 24.0. The van der Waals surface area contributed by atoms with Crippen molar-refractivity contribution in [3.05, 3.63) is 139 Å². The van der Waals surface area contributed by atoms with Gasteiger partial charge in [0.25, 0.3) is 0 Å². The summed E-state index contributed by atoms with van der Waals surface area (Å²) >= 11 is 0. The van der Waals surface area contributed by atoms with Crippen molar-refractivity contribution in [1.82, 2.24) is 4.40 Å². The number of nitrogens with zero attached hydrogens (tertiary/aromatic N) is 1. The molecule has 196 valence electrons. The molecule has 0 amide bonds. The molecule has 0 saturated heterocycles. The minimum Gasteiger partial charge on any atom is -0.308 e. The summed E-state index contributed by atoms with van der Waals surface area (Å²) in [7, 11) is 0. The fourth-order valence-corrected chi connectivity index (χ4v) is 6.61. The lowest BCUT2D eigenvalue weighted by molar-refractivity contribution is 0.735. The van der Waals surface area contributed by atoms with Crippen LogP contribution in [0, 0.1) is 0 Å². The molecule has 41 heavy (non-hydrogen) atoms. The van der Waals surface area contributed by atoms with Gasteiger partial charge < -0.3 is 4.40 Å². The average Bonchev–Trinajstić information content (AvgIpc) is 3.56. The van der Waals surface area contributed by atoms with Crippen LogP contribution < -0.4 is 0 Å². The van der Waals surface area contributed by atoms with Crippen LogP contribution in [-0.4, -0.2) is 4.40 Å². The van der Waals surface area contributed by atoms with Crippen LogP contribution in [0.5, 0.6) is 0 Å². The number of para-hydroxylation sites is 1. The lowest BCUT2D eigenvalue weighted by Crippen LogP contribution is -1.90. The van der Waals surface area contributed by atoms with Crippen molar-refractivity contribution in [3.8, 4) is 33.4 Å². The first-order valence-electron chi connectivity index (χ1n) is 14.7. The van der Waals surface area contributed by atoms with Crippen molar-refractivity contribution in [2.75, 3.05) is 0 Å². The van der Waals surface area contributed by atoms with Crippen molar-refractivity contribution in [2.45, 2.75) is 26.2 Å². The van der Waals surface area contributed by atoms with E-state index in [1.54, 1.807) is 0 Å². The summed E-state index contributed by atoms with van der Waals surface area (Å²) in [4.78, 5) is 0. The summed E-state index contributed by atoms with van der Waals surface area (Å²) in [5.74, 6) is 0.515. The van der Waals surface area contributed by atoms with Crippen molar-refractivity contribution in [1.29, 1.82) is 0 Å². The summed E-state index contributed by atoms with van der Waals surface area (Å²) in [6.45, 7) is 4.63. The highest BCUT2D eigenvalue weighted by atomic mass is 14.9. The molecule has 0 fully saturated rings. The van der Waals surface area contributed by atoms with Crippen LogP contribution in [0.25, 0.3) is 71.5 Å². The zero-order chi connectivity index (χ0) is 27.5. The number of fused-ring (bicyclic) bond motifs is 6. The van der Waals surface area contributed by atoms with E-state index >= 15 is 0 Å². The second-order valence-corrected chi connectivity index (χ2v) is 11.4. The van der Waals surface area contributed by atoms with Gasteiger partial charge in [-0.3, -0.25) is 0 Å². The summed E-state index contributed by atoms with van der Waals surface area (Å²) in [5.41, 5.74) is 12.8. The van der Waals surface area contributed by atoms with E-state index in [1.165, 1.54) is 77.0 Å². The normalized spacial score (nSPS) is 12.6. The van der Waals surface area contributed by atoms with E-state index in [1.807, 2.05) is 0 Å². The highest BCUT2D eigenvalue weighted by molar-refractivity contribution is 6.23. The van der Waals surface area contributed by atoms with Gasteiger partial charge in [-0.1, -0.05) is 98.8 Å². The Kier molecular flexibility index (Phi) is 5.47. The van der Waals surface area contributed by atoms with Crippen molar-refractivity contribution in [3.63, 3.8) is 0 Å². The Bertz CT molecular complexity index is 2130. The molecule has 0 spiro atoms. The molecule has 0 saturated carbocycles. The third-order valence-electron chi connectivity index (χ3n) is 8.98. The zero-order valence-corrected chi connectivity index (χ0v) is 23.4. The van der Waals surface area contributed by atoms with Crippen molar-refractivity contribution >= 4 is 38.1 Å². The smallest absolute Gasteiger partial charge is 0.0620 e.